The molecule has 0 bridgehead atoms. The predicted molar refractivity (Wildman–Crippen MR) is 68.9 cm³/mol. The molecule has 0 aliphatic heterocycles. The summed E-state index contributed by atoms with van der Waals surface area (Å²) in [7, 11) is 0. The molecular formula is C14H19NO3. The summed E-state index contributed by atoms with van der Waals surface area (Å²) in [4.78, 5) is 24.3. The molecule has 4 heteroatoms. The van der Waals surface area contributed by atoms with Crippen LogP contribution >= 0.6 is 0 Å². The van der Waals surface area contributed by atoms with Crippen molar-refractivity contribution >= 4 is 11.9 Å². The number of carbonyl (C=O) groups excluding carboxylic acids is 1. The van der Waals surface area contributed by atoms with Gasteiger partial charge < -0.3 is 10.0 Å². The molecule has 0 aromatic heterocycles. The monoisotopic (exact) mass is 249 g/mol. The second kappa shape index (κ2) is 6.19. The molecule has 0 saturated carbocycles. The van der Waals surface area contributed by atoms with Crippen LogP contribution in [-0.4, -0.2) is 27.9 Å². The van der Waals surface area contributed by atoms with Crippen LogP contribution in [0.1, 0.15) is 26.3 Å². The van der Waals surface area contributed by atoms with Crippen molar-refractivity contribution < 1.29 is 14.7 Å². The van der Waals surface area contributed by atoms with Gasteiger partial charge in [0, 0.05) is 13.5 Å². The average Bonchev–Trinajstić information content (AvgIpc) is 2.28. The fourth-order valence-corrected chi connectivity index (χ4v) is 1.96. The first-order chi connectivity index (χ1) is 8.43. The van der Waals surface area contributed by atoms with Crippen LogP contribution < -0.4 is 0 Å². The van der Waals surface area contributed by atoms with Gasteiger partial charge in [0.2, 0.25) is 5.91 Å². The minimum Gasteiger partial charge on any atom is -0.480 e. The first kappa shape index (κ1) is 14.2. The first-order valence-electron chi connectivity index (χ1n) is 5.97. The van der Waals surface area contributed by atoms with E-state index >= 15 is 0 Å². The Labute approximate surface area is 107 Å². The SMILES string of the molecule is CC(=O)N(Cc1ccccc1)C(C(=O)O)C(C)C. The number of amides is 1. The number of aliphatic carboxylic acids is 1. The van der Waals surface area contributed by atoms with Crippen molar-refractivity contribution in [3.05, 3.63) is 35.9 Å². The van der Waals surface area contributed by atoms with Gasteiger partial charge in [-0.15, -0.1) is 0 Å². The lowest BCUT2D eigenvalue weighted by Gasteiger charge is -2.30. The van der Waals surface area contributed by atoms with E-state index in [4.69, 9.17) is 0 Å². The maximum atomic E-state index is 11.7. The van der Waals surface area contributed by atoms with Crippen LogP contribution in [-0.2, 0) is 16.1 Å². The summed E-state index contributed by atoms with van der Waals surface area (Å²) in [5.41, 5.74) is 0.930. The lowest BCUT2D eigenvalue weighted by molar-refractivity contribution is -0.152. The van der Waals surface area contributed by atoms with E-state index in [0.29, 0.717) is 6.54 Å². The van der Waals surface area contributed by atoms with Gasteiger partial charge in [-0.25, -0.2) is 4.79 Å². The van der Waals surface area contributed by atoms with E-state index in [0.717, 1.165) is 5.56 Å². The number of hydrogen-bond acceptors (Lipinski definition) is 2. The van der Waals surface area contributed by atoms with Gasteiger partial charge in [0.15, 0.2) is 0 Å². The van der Waals surface area contributed by atoms with E-state index < -0.39 is 12.0 Å². The molecule has 4 nitrogen and oxygen atoms in total. The van der Waals surface area contributed by atoms with E-state index in [2.05, 4.69) is 0 Å². The number of carbonyl (C=O) groups is 2. The number of rotatable bonds is 5. The van der Waals surface area contributed by atoms with Gasteiger partial charge in [-0.3, -0.25) is 4.79 Å². The lowest BCUT2D eigenvalue weighted by atomic mass is 10.0. The fraction of sp³-hybridized carbons (Fsp3) is 0.429. The zero-order chi connectivity index (χ0) is 13.7. The minimum atomic E-state index is -0.962. The number of benzene rings is 1. The lowest BCUT2D eigenvalue weighted by Crippen LogP contribution is -2.46. The molecule has 1 amide bonds. The maximum Gasteiger partial charge on any atom is 0.326 e. The summed E-state index contributed by atoms with van der Waals surface area (Å²) in [6, 6.07) is 8.61. The van der Waals surface area contributed by atoms with Crippen molar-refractivity contribution in [3.8, 4) is 0 Å². The summed E-state index contributed by atoms with van der Waals surface area (Å²) >= 11 is 0. The highest BCUT2D eigenvalue weighted by molar-refractivity contribution is 5.82. The standard InChI is InChI=1S/C14H19NO3/c1-10(2)13(14(17)18)15(11(3)16)9-12-7-5-4-6-8-12/h4-8,10,13H,9H2,1-3H3,(H,17,18). The predicted octanol–water partition coefficient (Wildman–Crippen LogP) is 2.14. The molecule has 1 atom stereocenters. The number of nitrogens with zero attached hydrogens (tertiary/aromatic N) is 1. The van der Waals surface area contributed by atoms with Crippen molar-refractivity contribution in [1.82, 2.24) is 4.90 Å². The Hall–Kier alpha value is -1.84. The van der Waals surface area contributed by atoms with Crippen LogP contribution in [0.25, 0.3) is 0 Å². The Morgan fingerprint density at radius 2 is 1.78 bits per heavy atom. The maximum absolute atomic E-state index is 11.7. The molecule has 0 saturated heterocycles. The molecule has 18 heavy (non-hydrogen) atoms. The zero-order valence-corrected chi connectivity index (χ0v) is 11.0. The topological polar surface area (TPSA) is 57.6 Å². The van der Waals surface area contributed by atoms with Gasteiger partial charge in [0.25, 0.3) is 0 Å². The molecule has 0 fully saturated rings. The van der Waals surface area contributed by atoms with Crippen LogP contribution in [0.4, 0.5) is 0 Å². The quantitative estimate of drug-likeness (QED) is 0.869. The largest absolute Gasteiger partial charge is 0.480 e. The molecule has 0 heterocycles. The molecule has 98 valence electrons. The Bertz CT molecular complexity index is 414. The van der Waals surface area contributed by atoms with E-state index in [1.807, 2.05) is 30.3 Å². The first-order valence-corrected chi connectivity index (χ1v) is 5.97. The van der Waals surface area contributed by atoms with E-state index in [9.17, 15) is 14.7 Å². The van der Waals surface area contributed by atoms with Gasteiger partial charge in [-0.1, -0.05) is 44.2 Å². The molecule has 1 aromatic rings. The Kier molecular flexibility index (Phi) is 4.89. The summed E-state index contributed by atoms with van der Waals surface area (Å²) in [5, 5.41) is 9.25. The van der Waals surface area contributed by atoms with Crippen LogP contribution in [0.3, 0.4) is 0 Å². The minimum absolute atomic E-state index is 0.130. The third-order valence-corrected chi connectivity index (χ3v) is 2.82. The number of carboxylic acids is 1. The van der Waals surface area contributed by atoms with Gasteiger partial charge in [-0.05, 0) is 11.5 Å². The Morgan fingerprint density at radius 3 is 2.17 bits per heavy atom. The van der Waals surface area contributed by atoms with Crippen molar-refractivity contribution in [1.29, 1.82) is 0 Å². The molecule has 0 aliphatic carbocycles. The van der Waals surface area contributed by atoms with E-state index in [-0.39, 0.29) is 11.8 Å². The third kappa shape index (κ3) is 3.58. The van der Waals surface area contributed by atoms with Crippen molar-refractivity contribution in [3.63, 3.8) is 0 Å². The summed E-state index contributed by atoms with van der Waals surface area (Å²) in [6.07, 6.45) is 0. The highest BCUT2D eigenvalue weighted by Gasteiger charge is 2.30. The second-order valence-corrected chi connectivity index (χ2v) is 4.66. The van der Waals surface area contributed by atoms with Gasteiger partial charge in [0.1, 0.15) is 6.04 Å². The summed E-state index contributed by atoms with van der Waals surface area (Å²) in [5.74, 6) is -1.31. The van der Waals surface area contributed by atoms with Gasteiger partial charge in [0.05, 0.1) is 0 Å². The van der Waals surface area contributed by atoms with Crippen LogP contribution in [0, 0.1) is 5.92 Å². The fourth-order valence-electron chi connectivity index (χ4n) is 1.96. The zero-order valence-electron chi connectivity index (χ0n) is 11.0. The smallest absolute Gasteiger partial charge is 0.326 e. The van der Waals surface area contributed by atoms with Crippen LogP contribution in [0.15, 0.2) is 30.3 Å². The number of carboxylic acid groups (broad SMARTS) is 1. The van der Waals surface area contributed by atoms with Gasteiger partial charge in [-0.2, -0.15) is 0 Å². The molecule has 1 N–H and O–H groups in total. The van der Waals surface area contributed by atoms with E-state index in [1.54, 1.807) is 13.8 Å². The van der Waals surface area contributed by atoms with Crippen molar-refractivity contribution in [2.24, 2.45) is 5.92 Å². The molecule has 1 aromatic carbocycles. The highest BCUT2D eigenvalue weighted by Crippen LogP contribution is 2.15. The number of hydrogen-bond donors (Lipinski definition) is 1. The third-order valence-electron chi connectivity index (χ3n) is 2.82. The second-order valence-electron chi connectivity index (χ2n) is 4.66. The summed E-state index contributed by atoms with van der Waals surface area (Å²) < 4.78 is 0. The normalized spacial score (nSPS) is 12.2. The van der Waals surface area contributed by atoms with Crippen LogP contribution in [0.5, 0.6) is 0 Å². The van der Waals surface area contributed by atoms with Crippen molar-refractivity contribution in [2.75, 3.05) is 0 Å². The molecule has 1 unspecified atom stereocenters. The molecular weight excluding hydrogens is 230 g/mol. The van der Waals surface area contributed by atoms with Crippen molar-refractivity contribution in [2.45, 2.75) is 33.4 Å². The average molecular weight is 249 g/mol. The molecule has 0 aliphatic rings. The highest BCUT2D eigenvalue weighted by atomic mass is 16.4. The summed E-state index contributed by atoms with van der Waals surface area (Å²) in [6.45, 7) is 5.34. The Balaban J connectivity index is 2.95. The molecule has 0 radical (unpaired) electrons. The Morgan fingerprint density at radius 1 is 1.22 bits per heavy atom. The van der Waals surface area contributed by atoms with Gasteiger partial charge >= 0.3 is 5.97 Å². The van der Waals surface area contributed by atoms with E-state index in [1.165, 1.54) is 11.8 Å². The van der Waals surface area contributed by atoms with Crippen LogP contribution in [0.2, 0.25) is 0 Å². The molecule has 0 spiro atoms. The molecule has 1 rings (SSSR count).